The Morgan fingerprint density at radius 1 is 1.32 bits per heavy atom. The first kappa shape index (κ1) is 23.2. The minimum atomic E-state index is -0.439. The van der Waals surface area contributed by atoms with Gasteiger partial charge in [-0.25, -0.2) is 9.78 Å². The van der Waals surface area contributed by atoms with Gasteiger partial charge in [-0.1, -0.05) is 57.2 Å². The van der Waals surface area contributed by atoms with E-state index < -0.39 is 5.97 Å². The van der Waals surface area contributed by atoms with Gasteiger partial charge >= 0.3 is 5.97 Å². The average Bonchev–Trinajstić information content (AvgIpc) is 3.30. The number of halogens is 1. The fourth-order valence-corrected chi connectivity index (χ4v) is 4.51. The van der Waals surface area contributed by atoms with E-state index in [1.54, 1.807) is 19.9 Å². The maximum absolute atomic E-state index is 12.4. The topological polar surface area (TPSA) is 99.0 Å². The third-order valence-corrected chi connectivity index (χ3v) is 6.52. The quantitative estimate of drug-likeness (QED) is 0.250. The summed E-state index contributed by atoms with van der Waals surface area (Å²) in [5, 5.41) is 12.2. The molecule has 2 aromatic heterocycles. The number of thiazole rings is 1. The van der Waals surface area contributed by atoms with Gasteiger partial charge in [0.2, 0.25) is 5.91 Å². The molecule has 0 saturated heterocycles. The summed E-state index contributed by atoms with van der Waals surface area (Å²) in [6.07, 6.45) is 1.76. The van der Waals surface area contributed by atoms with Crippen LogP contribution in [0.2, 0.25) is 0 Å². The van der Waals surface area contributed by atoms with E-state index in [0.717, 1.165) is 21.4 Å². The van der Waals surface area contributed by atoms with Gasteiger partial charge in [-0.2, -0.15) is 0 Å². The molecule has 2 heterocycles. The first-order valence-corrected chi connectivity index (χ1v) is 11.9. The molecule has 162 valence electrons. The number of aromatic nitrogens is 4. The van der Waals surface area contributed by atoms with Crippen LogP contribution in [0.4, 0.5) is 5.13 Å². The molecular formula is C20H20BrN5O3S2. The third kappa shape index (κ3) is 5.81. The molecule has 1 amide bonds. The molecule has 0 spiro atoms. The third-order valence-electron chi connectivity index (χ3n) is 3.97. The van der Waals surface area contributed by atoms with Crippen molar-refractivity contribution in [2.45, 2.75) is 25.5 Å². The molecule has 1 aromatic carbocycles. The Morgan fingerprint density at radius 3 is 2.74 bits per heavy atom. The maximum Gasteiger partial charge on any atom is 0.350 e. The van der Waals surface area contributed by atoms with Gasteiger partial charge in [-0.05, 0) is 26.0 Å². The van der Waals surface area contributed by atoms with Crippen LogP contribution in [0.15, 0.2) is 46.5 Å². The first-order valence-electron chi connectivity index (χ1n) is 9.30. The molecule has 3 rings (SSSR count). The van der Waals surface area contributed by atoms with Gasteiger partial charge in [0.25, 0.3) is 0 Å². The van der Waals surface area contributed by atoms with Gasteiger partial charge in [0.05, 0.1) is 18.1 Å². The number of esters is 1. The molecule has 0 aliphatic carbocycles. The minimum absolute atomic E-state index is 0.114. The van der Waals surface area contributed by atoms with Crippen LogP contribution in [0.5, 0.6) is 0 Å². The molecule has 0 unspecified atom stereocenters. The van der Waals surface area contributed by atoms with Crippen molar-refractivity contribution in [3.8, 4) is 11.4 Å². The van der Waals surface area contributed by atoms with Gasteiger partial charge in [-0.15, -0.1) is 16.8 Å². The number of aryl methyl sites for hydroxylation is 1. The summed E-state index contributed by atoms with van der Waals surface area (Å²) in [6, 6.07) is 7.76. The van der Waals surface area contributed by atoms with E-state index in [-0.39, 0.29) is 18.3 Å². The second-order valence-corrected chi connectivity index (χ2v) is 9.06. The molecule has 0 atom stereocenters. The Kier molecular flexibility index (Phi) is 7.99. The molecule has 3 aromatic rings. The van der Waals surface area contributed by atoms with Crippen LogP contribution in [0.1, 0.15) is 22.3 Å². The highest BCUT2D eigenvalue weighted by Crippen LogP contribution is 2.27. The zero-order valence-corrected chi connectivity index (χ0v) is 20.1. The molecule has 1 N–H and O–H groups in total. The van der Waals surface area contributed by atoms with Crippen molar-refractivity contribution in [1.29, 1.82) is 0 Å². The highest BCUT2D eigenvalue weighted by Gasteiger charge is 2.19. The second kappa shape index (κ2) is 10.7. The number of ether oxygens (including phenoxy) is 1. The number of anilines is 1. The molecule has 0 radical (unpaired) electrons. The fraction of sp³-hybridized carbons (Fsp3) is 0.250. The maximum atomic E-state index is 12.4. The number of benzene rings is 1. The zero-order valence-electron chi connectivity index (χ0n) is 16.9. The van der Waals surface area contributed by atoms with E-state index in [2.05, 4.69) is 43.0 Å². The standard InChI is InChI=1S/C20H20BrN5O3S2/c1-4-10-26-17(13-6-8-14(21)9-7-13)24-25-20(26)30-11-15(27)23-19-22-12(3)16(31-19)18(28)29-5-2/h4,6-9H,1,5,10-11H2,2-3H3,(H,22,23,27). The molecule has 0 fully saturated rings. The molecule has 0 bridgehead atoms. The van der Waals surface area contributed by atoms with Crippen LogP contribution in [0.3, 0.4) is 0 Å². The van der Waals surface area contributed by atoms with E-state index in [0.29, 0.717) is 33.2 Å². The lowest BCUT2D eigenvalue weighted by Crippen LogP contribution is -2.14. The monoisotopic (exact) mass is 521 g/mol. The molecule has 0 aliphatic heterocycles. The van der Waals surface area contributed by atoms with Crippen LogP contribution in [0.25, 0.3) is 11.4 Å². The van der Waals surface area contributed by atoms with Crippen molar-refractivity contribution < 1.29 is 14.3 Å². The van der Waals surface area contributed by atoms with E-state index in [4.69, 9.17) is 4.74 Å². The Hall–Kier alpha value is -2.50. The fourth-order valence-electron chi connectivity index (χ4n) is 2.62. The second-order valence-electron chi connectivity index (χ2n) is 6.20. The minimum Gasteiger partial charge on any atom is -0.462 e. The number of hydrogen-bond donors (Lipinski definition) is 1. The number of carbonyl (C=O) groups excluding carboxylic acids is 2. The van der Waals surface area contributed by atoms with Crippen molar-refractivity contribution in [2.24, 2.45) is 0 Å². The lowest BCUT2D eigenvalue weighted by Gasteiger charge is -2.07. The van der Waals surface area contributed by atoms with Gasteiger partial charge in [-0.3, -0.25) is 9.36 Å². The molecule has 31 heavy (non-hydrogen) atoms. The van der Waals surface area contributed by atoms with Crippen molar-refractivity contribution >= 4 is 56.0 Å². The average molecular weight is 522 g/mol. The Balaban J connectivity index is 1.68. The lowest BCUT2D eigenvalue weighted by molar-refractivity contribution is -0.113. The summed E-state index contributed by atoms with van der Waals surface area (Å²) in [5.41, 5.74) is 1.44. The largest absolute Gasteiger partial charge is 0.462 e. The van der Waals surface area contributed by atoms with Crippen LogP contribution in [-0.2, 0) is 16.1 Å². The predicted molar refractivity (Wildman–Crippen MR) is 126 cm³/mol. The van der Waals surface area contributed by atoms with Gasteiger partial charge in [0.15, 0.2) is 16.1 Å². The number of carbonyl (C=O) groups is 2. The SMILES string of the molecule is C=CCn1c(SCC(=O)Nc2nc(C)c(C(=O)OCC)s2)nnc1-c1ccc(Br)cc1. The van der Waals surface area contributed by atoms with Gasteiger partial charge in [0.1, 0.15) is 4.88 Å². The van der Waals surface area contributed by atoms with Crippen LogP contribution in [-0.4, -0.2) is 44.0 Å². The van der Waals surface area contributed by atoms with Crippen molar-refractivity contribution in [1.82, 2.24) is 19.7 Å². The summed E-state index contributed by atoms with van der Waals surface area (Å²) < 4.78 is 7.88. The number of nitrogens with zero attached hydrogens (tertiary/aromatic N) is 4. The highest BCUT2D eigenvalue weighted by atomic mass is 79.9. The normalized spacial score (nSPS) is 10.7. The Labute approximate surface area is 196 Å². The van der Waals surface area contributed by atoms with Gasteiger partial charge < -0.3 is 10.1 Å². The summed E-state index contributed by atoms with van der Waals surface area (Å²) in [6.45, 7) is 8.03. The van der Waals surface area contributed by atoms with E-state index >= 15 is 0 Å². The number of allylic oxidation sites excluding steroid dienone is 1. The Bertz CT molecular complexity index is 1090. The number of hydrogen-bond acceptors (Lipinski definition) is 8. The molecule has 11 heteroatoms. The number of nitrogens with one attached hydrogen (secondary N) is 1. The van der Waals surface area contributed by atoms with Crippen LogP contribution in [0, 0.1) is 6.92 Å². The number of amides is 1. The number of thioether (sulfide) groups is 1. The van der Waals surface area contributed by atoms with E-state index in [1.165, 1.54) is 11.8 Å². The van der Waals surface area contributed by atoms with Crippen molar-refractivity contribution in [3.63, 3.8) is 0 Å². The number of rotatable bonds is 9. The summed E-state index contributed by atoms with van der Waals surface area (Å²) >= 11 is 5.78. The van der Waals surface area contributed by atoms with Crippen LogP contribution < -0.4 is 5.32 Å². The van der Waals surface area contributed by atoms with Crippen molar-refractivity contribution in [3.05, 3.63) is 52.0 Å². The predicted octanol–water partition coefficient (Wildman–Crippen LogP) is 4.57. The lowest BCUT2D eigenvalue weighted by atomic mass is 10.2. The summed E-state index contributed by atoms with van der Waals surface area (Å²) in [7, 11) is 0. The Morgan fingerprint density at radius 2 is 2.06 bits per heavy atom. The molecular weight excluding hydrogens is 502 g/mol. The molecule has 0 saturated carbocycles. The smallest absolute Gasteiger partial charge is 0.350 e. The molecule has 0 aliphatic rings. The summed E-state index contributed by atoms with van der Waals surface area (Å²) in [5.74, 6) is 0.117. The highest BCUT2D eigenvalue weighted by molar-refractivity contribution is 9.10. The van der Waals surface area contributed by atoms with E-state index in [9.17, 15) is 9.59 Å². The zero-order chi connectivity index (χ0) is 22.4. The first-order chi connectivity index (χ1) is 14.9. The van der Waals surface area contributed by atoms with Crippen molar-refractivity contribution in [2.75, 3.05) is 17.7 Å². The van der Waals surface area contributed by atoms with Gasteiger partial charge in [0, 0.05) is 16.6 Å². The van der Waals surface area contributed by atoms with Crippen LogP contribution >= 0.6 is 39.0 Å². The summed E-state index contributed by atoms with van der Waals surface area (Å²) in [4.78, 5) is 29.0. The van der Waals surface area contributed by atoms with E-state index in [1.807, 2.05) is 28.8 Å². The molecule has 8 nitrogen and oxygen atoms in total.